The van der Waals surface area contributed by atoms with Crippen molar-refractivity contribution in [2.75, 3.05) is 14.2 Å². The number of halogens is 2. The molecule has 2 heterocycles. The van der Waals surface area contributed by atoms with Gasteiger partial charge in [0.1, 0.15) is 0 Å². The number of aromatic amines is 2. The maximum atomic E-state index is 14.1. The Labute approximate surface area is 242 Å². The van der Waals surface area contributed by atoms with Crippen molar-refractivity contribution >= 4 is 35.1 Å². The number of H-pyrrole nitrogens is 2. The highest BCUT2D eigenvalue weighted by Crippen LogP contribution is 2.38. The molecule has 0 radical (unpaired) electrons. The van der Waals surface area contributed by atoms with Crippen LogP contribution in [0.25, 0.3) is 11.4 Å². The third kappa shape index (κ3) is 4.99. The Hall–Kier alpha value is -4.80. The number of nitrogens with one attached hydrogen (secondary N) is 2. The minimum Gasteiger partial charge on any atom is -0.464 e. The number of esters is 2. The van der Waals surface area contributed by atoms with Crippen LogP contribution in [-0.4, -0.2) is 45.7 Å². The van der Waals surface area contributed by atoms with Crippen molar-refractivity contribution < 1.29 is 19.1 Å². The van der Waals surface area contributed by atoms with Gasteiger partial charge in [-0.1, -0.05) is 65.7 Å². The number of nitrogens with zero attached hydrogens (tertiary/aromatic N) is 2. The van der Waals surface area contributed by atoms with Gasteiger partial charge in [0, 0.05) is 10.0 Å². The second kappa shape index (κ2) is 11.4. The smallest absolute Gasteiger partial charge is 0.356 e. The van der Waals surface area contributed by atoms with Gasteiger partial charge < -0.3 is 9.47 Å². The molecule has 0 bridgehead atoms. The Balaban J connectivity index is 1.92. The normalized spacial score (nSPS) is 11.0. The standard InChI is InChI=1S/C29H22Cl2N4O6/c1-40-28(38)24-22(26(36)34(32-24)17-9-5-3-6-10-17)21(19-14-13-16(30)15-20(19)31)23-25(29(39)41-2)33-35(27(23)37)18-11-7-4-8-12-18/h3-15,21,32-33H,1-2H3. The number of hydrogen-bond acceptors (Lipinski definition) is 6. The quantitative estimate of drug-likeness (QED) is 0.263. The fourth-order valence-electron chi connectivity index (χ4n) is 4.66. The van der Waals surface area contributed by atoms with Crippen LogP contribution >= 0.6 is 23.2 Å². The number of aromatic nitrogens is 4. The van der Waals surface area contributed by atoms with Crippen LogP contribution in [0.5, 0.6) is 0 Å². The van der Waals surface area contributed by atoms with Crippen molar-refractivity contribution in [1.29, 1.82) is 0 Å². The summed E-state index contributed by atoms with van der Waals surface area (Å²) in [4.78, 5) is 54.4. The summed E-state index contributed by atoms with van der Waals surface area (Å²) < 4.78 is 12.3. The first-order valence-electron chi connectivity index (χ1n) is 12.2. The Kier molecular flexibility index (Phi) is 7.69. The summed E-state index contributed by atoms with van der Waals surface area (Å²) in [6.45, 7) is 0. The molecule has 0 fully saturated rings. The van der Waals surface area contributed by atoms with E-state index in [1.54, 1.807) is 60.7 Å². The molecule has 0 saturated carbocycles. The van der Waals surface area contributed by atoms with Crippen LogP contribution in [0.2, 0.25) is 10.0 Å². The number of carbonyl (C=O) groups is 2. The molecule has 208 valence electrons. The third-order valence-corrected chi connectivity index (χ3v) is 7.07. The predicted octanol–water partition coefficient (Wildman–Crippen LogP) is 4.70. The van der Waals surface area contributed by atoms with Crippen molar-refractivity contribution in [3.05, 3.63) is 138 Å². The lowest BCUT2D eigenvalue weighted by Gasteiger charge is -2.18. The van der Waals surface area contributed by atoms with E-state index in [0.29, 0.717) is 16.4 Å². The van der Waals surface area contributed by atoms with Gasteiger partial charge in [0.15, 0.2) is 11.4 Å². The van der Waals surface area contributed by atoms with Crippen molar-refractivity contribution in [1.82, 2.24) is 19.6 Å². The average molecular weight is 593 g/mol. The van der Waals surface area contributed by atoms with Crippen LogP contribution in [0, 0.1) is 0 Å². The fourth-order valence-corrected chi connectivity index (χ4v) is 5.18. The third-order valence-electron chi connectivity index (χ3n) is 6.51. The largest absolute Gasteiger partial charge is 0.464 e. The van der Waals surface area contributed by atoms with Gasteiger partial charge in [-0.3, -0.25) is 19.8 Å². The first kappa shape index (κ1) is 27.8. The van der Waals surface area contributed by atoms with E-state index in [9.17, 15) is 19.2 Å². The van der Waals surface area contributed by atoms with Crippen LogP contribution in [0.3, 0.4) is 0 Å². The first-order chi connectivity index (χ1) is 19.8. The van der Waals surface area contributed by atoms with E-state index in [0.717, 1.165) is 23.6 Å². The number of hydrogen-bond donors (Lipinski definition) is 2. The summed E-state index contributed by atoms with van der Waals surface area (Å²) in [5.74, 6) is -3.09. The zero-order valence-corrected chi connectivity index (χ0v) is 23.2. The maximum Gasteiger partial charge on any atom is 0.356 e. The lowest BCUT2D eigenvalue weighted by molar-refractivity contribution is 0.0585. The molecule has 0 aliphatic rings. The van der Waals surface area contributed by atoms with Gasteiger partial charge in [-0.2, -0.15) is 0 Å². The van der Waals surface area contributed by atoms with Crippen LogP contribution in [0.1, 0.15) is 43.6 Å². The molecule has 12 heteroatoms. The molecule has 3 aromatic carbocycles. The predicted molar refractivity (Wildman–Crippen MR) is 153 cm³/mol. The van der Waals surface area contributed by atoms with E-state index in [1.165, 1.54) is 18.2 Å². The molecule has 0 aliphatic heterocycles. The highest BCUT2D eigenvalue weighted by Gasteiger charge is 2.37. The minimum absolute atomic E-state index is 0.0906. The highest BCUT2D eigenvalue weighted by molar-refractivity contribution is 6.35. The van der Waals surface area contributed by atoms with E-state index >= 15 is 0 Å². The number of rotatable bonds is 7. The zero-order valence-electron chi connectivity index (χ0n) is 21.7. The van der Waals surface area contributed by atoms with Gasteiger partial charge in [0.25, 0.3) is 11.1 Å². The SMILES string of the molecule is COC(=O)c1[nH]n(-c2ccccc2)c(=O)c1C(c1ccc(Cl)cc1Cl)c1c(C(=O)OC)[nH]n(-c2ccccc2)c1=O. The molecule has 0 spiro atoms. The van der Waals surface area contributed by atoms with E-state index in [1.807, 2.05) is 0 Å². The Morgan fingerprint density at radius 2 is 1.15 bits per heavy atom. The first-order valence-corrected chi connectivity index (χ1v) is 12.9. The monoisotopic (exact) mass is 592 g/mol. The Morgan fingerprint density at radius 1 is 0.707 bits per heavy atom. The molecule has 10 nitrogen and oxygen atoms in total. The van der Waals surface area contributed by atoms with Gasteiger partial charge in [-0.15, -0.1) is 0 Å². The Morgan fingerprint density at radius 3 is 1.54 bits per heavy atom. The summed E-state index contributed by atoms with van der Waals surface area (Å²) in [6.07, 6.45) is 0. The minimum atomic E-state index is -1.34. The number of carbonyl (C=O) groups excluding carboxylic acids is 2. The van der Waals surface area contributed by atoms with E-state index in [2.05, 4.69) is 10.2 Å². The molecule has 0 saturated heterocycles. The van der Waals surface area contributed by atoms with E-state index in [4.69, 9.17) is 32.7 Å². The lowest BCUT2D eigenvalue weighted by Crippen LogP contribution is -2.27. The van der Waals surface area contributed by atoms with E-state index in [-0.39, 0.29) is 33.1 Å². The second-order valence-electron chi connectivity index (χ2n) is 8.84. The summed E-state index contributed by atoms with van der Waals surface area (Å²) in [5, 5.41) is 6.01. The molecule has 2 aromatic heterocycles. The number of para-hydroxylation sites is 2. The van der Waals surface area contributed by atoms with Crippen molar-refractivity contribution in [3.8, 4) is 11.4 Å². The topological polar surface area (TPSA) is 128 Å². The van der Waals surface area contributed by atoms with Crippen LogP contribution in [0.4, 0.5) is 0 Å². The summed E-state index contributed by atoms with van der Waals surface area (Å²) in [7, 11) is 2.32. The summed E-state index contributed by atoms with van der Waals surface area (Å²) in [5.41, 5.74) is -1.10. The van der Waals surface area contributed by atoms with Crippen LogP contribution < -0.4 is 11.1 Å². The van der Waals surface area contributed by atoms with Gasteiger partial charge in [0.2, 0.25) is 0 Å². The van der Waals surface area contributed by atoms with Crippen molar-refractivity contribution in [3.63, 3.8) is 0 Å². The maximum absolute atomic E-state index is 14.1. The molecule has 0 unspecified atom stereocenters. The molecule has 2 N–H and O–H groups in total. The molecular weight excluding hydrogens is 571 g/mol. The van der Waals surface area contributed by atoms with Crippen LogP contribution in [0.15, 0.2) is 88.5 Å². The van der Waals surface area contributed by atoms with Crippen molar-refractivity contribution in [2.45, 2.75) is 5.92 Å². The fraction of sp³-hybridized carbons (Fsp3) is 0.103. The molecule has 41 heavy (non-hydrogen) atoms. The number of benzene rings is 3. The summed E-state index contributed by atoms with van der Waals surface area (Å²) in [6, 6.07) is 21.5. The summed E-state index contributed by atoms with van der Waals surface area (Å²) >= 11 is 12.8. The highest BCUT2D eigenvalue weighted by atomic mass is 35.5. The number of methoxy groups -OCH3 is 2. The Bertz CT molecular complexity index is 1760. The van der Waals surface area contributed by atoms with Gasteiger partial charge in [-0.05, 0) is 42.0 Å². The molecule has 5 rings (SSSR count). The second-order valence-corrected chi connectivity index (χ2v) is 9.68. The van der Waals surface area contributed by atoms with Gasteiger partial charge in [0.05, 0.1) is 42.6 Å². The average Bonchev–Trinajstić information content (AvgIpc) is 3.51. The zero-order chi connectivity index (χ0) is 29.3. The molecular formula is C29H22Cl2N4O6. The number of ether oxygens (including phenoxy) is 2. The van der Waals surface area contributed by atoms with Gasteiger partial charge >= 0.3 is 11.9 Å². The molecule has 5 aromatic rings. The lowest BCUT2D eigenvalue weighted by atomic mass is 9.84. The van der Waals surface area contributed by atoms with Crippen LogP contribution in [-0.2, 0) is 9.47 Å². The van der Waals surface area contributed by atoms with Gasteiger partial charge in [-0.25, -0.2) is 19.0 Å². The van der Waals surface area contributed by atoms with E-state index < -0.39 is 29.0 Å². The molecule has 0 atom stereocenters. The van der Waals surface area contributed by atoms with Crippen molar-refractivity contribution in [2.24, 2.45) is 0 Å². The molecule has 0 amide bonds. The molecule has 0 aliphatic carbocycles.